The molecule has 0 fully saturated rings. The van der Waals surface area contributed by atoms with Crippen LogP contribution in [0.15, 0.2) is 12.1 Å². The van der Waals surface area contributed by atoms with Crippen LogP contribution in [0, 0.1) is 13.8 Å². The number of hydrogen-bond acceptors (Lipinski definition) is 5. The molecule has 0 spiro atoms. The average Bonchev–Trinajstić information content (AvgIpc) is 2.22. The Hall–Kier alpha value is -1.96. The van der Waals surface area contributed by atoms with Crippen LogP contribution in [0.4, 0.5) is 16.2 Å². The highest BCUT2D eigenvalue weighted by Gasteiger charge is 2.16. The van der Waals surface area contributed by atoms with Gasteiger partial charge in [0, 0.05) is 5.69 Å². The predicted octanol–water partition coefficient (Wildman–Crippen LogP) is 0.898. The zero-order chi connectivity index (χ0) is 13.9. The van der Waals surface area contributed by atoms with Gasteiger partial charge in [0.15, 0.2) is 0 Å². The predicted molar refractivity (Wildman–Crippen MR) is 68.4 cm³/mol. The third-order valence-electron chi connectivity index (χ3n) is 2.19. The van der Waals surface area contributed by atoms with Gasteiger partial charge in [-0.2, -0.15) is 8.42 Å². The molecule has 0 unspecified atom stereocenters. The minimum Gasteiger partial charge on any atom is -0.452 e. The molecule has 100 valence electrons. The Morgan fingerprint density at radius 3 is 2.22 bits per heavy atom. The molecule has 0 aliphatic rings. The van der Waals surface area contributed by atoms with Crippen molar-refractivity contribution in [1.82, 2.24) is 4.72 Å². The number of ether oxygens (including phenoxy) is 1. The summed E-state index contributed by atoms with van der Waals surface area (Å²) in [5, 5.41) is 0. The summed E-state index contributed by atoms with van der Waals surface area (Å²) in [6, 6.07) is 3.26. The first-order valence-corrected chi connectivity index (χ1v) is 6.48. The topological polar surface area (TPSA) is 111 Å². The second kappa shape index (κ2) is 5.13. The maximum atomic E-state index is 11.6. The molecule has 8 heteroatoms. The molecule has 0 atom stereocenters. The van der Waals surface area contributed by atoms with Crippen LogP contribution in [0.3, 0.4) is 0 Å². The molecule has 18 heavy (non-hydrogen) atoms. The lowest BCUT2D eigenvalue weighted by Crippen LogP contribution is -2.35. The van der Waals surface area contributed by atoms with Crippen LogP contribution < -0.4 is 15.2 Å². The molecular weight excluding hydrogens is 258 g/mol. The first-order chi connectivity index (χ1) is 8.25. The number of nitrogen functional groups attached to an aromatic ring is 1. The number of rotatable bonds is 3. The van der Waals surface area contributed by atoms with Crippen LogP contribution >= 0.6 is 0 Å². The van der Waals surface area contributed by atoms with Gasteiger partial charge in [0.1, 0.15) is 0 Å². The lowest BCUT2D eigenvalue weighted by molar-refractivity contribution is 0.177. The average molecular weight is 273 g/mol. The highest BCUT2D eigenvalue weighted by Crippen LogP contribution is 2.23. The van der Waals surface area contributed by atoms with E-state index in [-0.39, 0.29) is 0 Å². The Morgan fingerprint density at radius 2 is 1.78 bits per heavy atom. The number of carbonyl (C=O) groups is 1. The molecule has 1 amide bonds. The number of carbonyl (C=O) groups excluding carboxylic acids is 1. The summed E-state index contributed by atoms with van der Waals surface area (Å²) < 4.78 is 31.4. The van der Waals surface area contributed by atoms with E-state index in [0.29, 0.717) is 22.5 Å². The SMILES string of the molecule is COC(=O)NS(=O)(=O)Nc1c(C)cc(N)cc1C. The molecule has 7 nitrogen and oxygen atoms in total. The van der Waals surface area contributed by atoms with Crippen LogP contribution in [0.1, 0.15) is 11.1 Å². The maximum absolute atomic E-state index is 11.6. The summed E-state index contributed by atoms with van der Waals surface area (Å²) >= 11 is 0. The molecule has 0 aliphatic carbocycles. The fourth-order valence-corrected chi connectivity index (χ4v) is 2.41. The number of hydrogen-bond donors (Lipinski definition) is 3. The molecule has 1 rings (SSSR count). The van der Waals surface area contributed by atoms with Gasteiger partial charge in [-0.05, 0) is 37.1 Å². The molecule has 0 bridgehead atoms. The number of anilines is 2. The molecule has 0 heterocycles. The van der Waals surface area contributed by atoms with E-state index in [1.807, 2.05) is 0 Å². The lowest BCUT2D eigenvalue weighted by atomic mass is 10.1. The minimum absolute atomic E-state index is 0.376. The number of nitrogens with two attached hydrogens (primary N) is 1. The van der Waals surface area contributed by atoms with Crippen LogP contribution in [0.2, 0.25) is 0 Å². The quantitative estimate of drug-likeness (QED) is 0.708. The summed E-state index contributed by atoms with van der Waals surface area (Å²) in [5.41, 5.74) is 7.85. The molecule has 0 aromatic heterocycles. The van der Waals surface area contributed by atoms with Gasteiger partial charge in [0.25, 0.3) is 0 Å². The highest BCUT2D eigenvalue weighted by molar-refractivity contribution is 7.91. The number of benzene rings is 1. The Labute approximate surface area is 106 Å². The third-order valence-corrected chi connectivity index (χ3v) is 3.10. The van der Waals surface area contributed by atoms with Crippen molar-refractivity contribution in [2.75, 3.05) is 17.6 Å². The van der Waals surface area contributed by atoms with Crippen molar-refractivity contribution in [2.24, 2.45) is 0 Å². The monoisotopic (exact) mass is 273 g/mol. The first kappa shape index (κ1) is 14.1. The van der Waals surface area contributed by atoms with Gasteiger partial charge < -0.3 is 10.5 Å². The Bertz CT molecular complexity index is 545. The standard InChI is InChI=1S/C10H15N3O4S/c1-6-4-8(11)5-7(2)9(6)12-18(15,16)13-10(14)17-3/h4-5,12H,11H2,1-3H3,(H,13,14). The fourth-order valence-electron chi connectivity index (χ4n) is 1.47. The van der Waals surface area contributed by atoms with E-state index in [0.717, 1.165) is 7.11 Å². The van der Waals surface area contributed by atoms with E-state index in [1.54, 1.807) is 30.7 Å². The van der Waals surface area contributed by atoms with Crippen molar-refractivity contribution in [3.8, 4) is 0 Å². The molecule has 0 saturated heterocycles. The van der Waals surface area contributed by atoms with E-state index in [1.165, 1.54) is 0 Å². The molecule has 0 radical (unpaired) electrons. The second-order valence-corrected chi connectivity index (χ2v) is 5.14. The molecule has 1 aromatic carbocycles. The minimum atomic E-state index is -4.02. The van der Waals surface area contributed by atoms with E-state index < -0.39 is 16.3 Å². The number of nitrogens with one attached hydrogen (secondary N) is 2. The largest absolute Gasteiger partial charge is 0.452 e. The van der Waals surface area contributed by atoms with Crippen LogP contribution in [0.25, 0.3) is 0 Å². The van der Waals surface area contributed by atoms with Crippen molar-refractivity contribution in [1.29, 1.82) is 0 Å². The third kappa shape index (κ3) is 3.52. The summed E-state index contributed by atoms with van der Waals surface area (Å²) in [6.07, 6.45) is -1.06. The van der Waals surface area contributed by atoms with Crippen molar-refractivity contribution >= 4 is 27.7 Å². The smallest absolute Gasteiger partial charge is 0.422 e. The van der Waals surface area contributed by atoms with Gasteiger partial charge in [-0.1, -0.05) is 0 Å². The summed E-state index contributed by atoms with van der Waals surface area (Å²) in [7, 11) is -2.95. The van der Waals surface area contributed by atoms with Crippen LogP contribution in [0.5, 0.6) is 0 Å². The summed E-state index contributed by atoms with van der Waals surface area (Å²) in [5.74, 6) is 0. The maximum Gasteiger partial charge on any atom is 0.422 e. The highest BCUT2D eigenvalue weighted by atomic mass is 32.2. The van der Waals surface area contributed by atoms with Gasteiger partial charge in [-0.15, -0.1) is 0 Å². The first-order valence-electron chi connectivity index (χ1n) is 5.00. The van der Waals surface area contributed by atoms with Crippen molar-refractivity contribution in [3.05, 3.63) is 23.3 Å². The van der Waals surface area contributed by atoms with Gasteiger partial charge in [0.2, 0.25) is 0 Å². The molecule has 0 saturated carbocycles. The van der Waals surface area contributed by atoms with E-state index in [2.05, 4.69) is 9.46 Å². The van der Waals surface area contributed by atoms with Crippen molar-refractivity contribution in [2.45, 2.75) is 13.8 Å². The number of aryl methyl sites for hydroxylation is 2. The zero-order valence-electron chi connectivity index (χ0n) is 10.3. The fraction of sp³-hybridized carbons (Fsp3) is 0.300. The Kier molecular flexibility index (Phi) is 4.02. The van der Waals surface area contributed by atoms with Crippen LogP contribution in [-0.2, 0) is 14.9 Å². The number of methoxy groups -OCH3 is 1. The van der Waals surface area contributed by atoms with Gasteiger partial charge >= 0.3 is 16.3 Å². The van der Waals surface area contributed by atoms with Crippen molar-refractivity contribution < 1.29 is 17.9 Å². The zero-order valence-corrected chi connectivity index (χ0v) is 11.1. The lowest BCUT2D eigenvalue weighted by Gasteiger charge is -2.14. The van der Waals surface area contributed by atoms with Gasteiger partial charge in [-0.3, -0.25) is 4.72 Å². The summed E-state index contributed by atoms with van der Waals surface area (Å²) in [4.78, 5) is 10.9. The normalized spacial score (nSPS) is 10.8. The Balaban J connectivity index is 3.01. The van der Waals surface area contributed by atoms with Crippen molar-refractivity contribution in [3.63, 3.8) is 0 Å². The molecule has 4 N–H and O–H groups in total. The van der Waals surface area contributed by atoms with E-state index in [9.17, 15) is 13.2 Å². The summed E-state index contributed by atoms with van der Waals surface area (Å²) in [6.45, 7) is 3.42. The Morgan fingerprint density at radius 1 is 1.28 bits per heavy atom. The van der Waals surface area contributed by atoms with Gasteiger partial charge in [0.05, 0.1) is 12.8 Å². The van der Waals surface area contributed by atoms with E-state index >= 15 is 0 Å². The molecule has 0 aliphatic heterocycles. The second-order valence-electron chi connectivity index (χ2n) is 3.73. The van der Waals surface area contributed by atoms with E-state index in [4.69, 9.17) is 5.73 Å². The molecule has 1 aromatic rings. The van der Waals surface area contributed by atoms with Gasteiger partial charge in [-0.25, -0.2) is 9.52 Å². The molecular formula is C10H15N3O4S. The number of amides is 1. The van der Waals surface area contributed by atoms with Crippen LogP contribution in [-0.4, -0.2) is 21.6 Å².